The van der Waals surface area contributed by atoms with E-state index < -0.39 is 0 Å². The van der Waals surface area contributed by atoms with E-state index in [4.69, 9.17) is 0 Å². The number of hydrogen-bond donors (Lipinski definition) is 0. The highest BCUT2D eigenvalue weighted by Gasteiger charge is 2.34. The van der Waals surface area contributed by atoms with E-state index in [0.29, 0.717) is 38.5 Å². The molecule has 1 fully saturated rings. The Morgan fingerprint density at radius 3 is 2.50 bits per heavy atom. The van der Waals surface area contributed by atoms with Crippen LogP contribution in [-0.4, -0.2) is 65.3 Å². The molecule has 172 valence electrons. The van der Waals surface area contributed by atoms with E-state index in [9.17, 15) is 9.59 Å². The first-order valence-electron chi connectivity index (χ1n) is 11.8. The van der Waals surface area contributed by atoms with Gasteiger partial charge in [-0.1, -0.05) is 43.7 Å². The molecule has 2 aliphatic heterocycles. The van der Waals surface area contributed by atoms with Crippen molar-refractivity contribution in [3.8, 4) is 0 Å². The first-order chi connectivity index (χ1) is 15.3. The number of piperazine rings is 1. The van der Waals surface area contributed by atoms with Gasteiger partial charge in [0.25, 0.3) is 0 Å². The van der Waals surface area contributed by atoms with Gasteiger partial charge in [0.2, 0.25) is 11.8 Å². The number of fused-ring (bicyclic) bond motifs is 1. The average molecular weight is 454 g/mol. The Balaban J connectivity index is 1.45. The molecule has 4 rings (SSSR count). The van der Waals surface area contributed by atoms with Crippen LogP contribution in [0.15, 0.2) is 35.7 Å². The third-order valence-corrected chi connectivity index (χ3v) is 7.68. The molecule has 0 bridgehead atoms. The molecule has 1 aromatic heterocycles. The number of carbonyl (C=O) groups excluding carboxylic acids is 2. The molecular formula is C26H35N3O2S. The number of hydrogen-bond acceptors (Lipinski definition) is 4. The summed E-state index contributed by atoms with van der Waals surface area (Å²) in [6.45, 7) is 11.5. The molecule has 0 unspecified atom stereocenters. The first-order valence-corrected chi connectivity index (χ1v) is 12.7. The minimum absolute atomic E-state index is 0.0664. The maximum atomic E-state index is 13.3. The second kappa shape index (κ2) is 9.75. The van der Waals surface area contributed by atoms with Gasteiger partial charge in [0.1, 0.15) is 0 Å². The van der Waals surface area contributed by atoms with Gasteiger partial charge < -0.3 is 9.80 Å². The van der Waals surface area contributed by atoms with Crippen LogP contribution >= 0.6 is 11.3 Å². The molecule has 0 aliphatic carbocycles. The van der Waals surface area contributed by atoms with Gasteiger partial charge in [0.05, 0.1) is 12.6 Å². The lowest BCUT2D eigenvalue weighted by molar-refractivity contribution is -0.143. The van der Waals surface area contributed by atoms with E-state index in [1.165, 1.54) is 21.6 Å². The summed E-state index contributed by atoms with van der Waals surface area (Å²) in [6.07, 6.45) is 1.57. The number of aryl methyl sites for hydroxylation is 1. The van der Waals surface area contributed by atoms with Gasteiger partial charge in [-0.25, -0.2) is 0 Å². The lowest BCUT2D eigenvalue weighted by Crippen LogP contribution is -2.57. The van der Waals surface area contributed by atoms with Crippen molar-refractivity contribution >= 4 is 23.2 Å². The number of benzene rings is 1. The Morgan fingerprint density at radius 1 is 1.06 bits per heavy atom. The highest BCUT2D eigenvalue weighted by molar-refractivity contribution is 7.10. The van der Waals surface area contributed by atoms with Crippen LogP contribution in [0.4, 0.5) is 0 Å². The van der Waals surface area contributed by atoms with Crippen LogP contribution in [0, 0.1) is 12.8 Å². The number of thiophene rings is 1. The lowest BCUT2D eigenvalue weighted by atomic mass is 9.92. The fourth-order valence-corrected chi connectivity index (χ4v) is 5.88. The van der Waals surface area contributed by atoms with Crippen molar-refractivity contribution in [2.24, 2.45) is 5.92 Å². The Morgan fingerprint density at radius 2 is 1.81 bits per heavy atom. The molecule has 5 nitrogen and oxygen atoms in total. The Kier molecular flexibility index (Phi) is 7.01. The lowest BCUT2D eigenvalue weighted by Gasteiger charge is -2.42. The van der Waals surface area contributed by atoms with E-state index in [-0.39, 0.29) is 23.9 Å². The largest absolute Gasteiger partial charge is 0.338 e. The van der Waals surface area contributed by atoms with Crippen LogP contribution in [-0.2, 0) is 16.0 Å². The second-order valence-electron chi connectivity index (χ2n) is 9.71. The van der Waals surface area contributed by atoms with Gasteiger partial charge in [-0.05, 0) is 48.8 Å². The minimum atomic E-state index is 0.0664. The predicted octanol–water partition coefficient (Wildman–Crippen LogP) is 4.11. The van der Waals surface area contributed by atoms with Crippen LogP contribution < -0.4 is 0 Å². The van der Waals surface area contributed by atoms with Crippen molar-refractivity contribution in [3.05, 3.63) is 57.3 Å². The summed E-state index contributed by atoms with van der Waals surface area (Å²) in [5, 5.41) is 2.17. The van der Waals surface area contributed by atoms with Crippen LogP contribution in [0.2, 0.25) is 0 Å². The fourth-order valence-electron chi connectivity index (χ4n) is 4.97. The van der Waals surface area contributed by atoms with E-state index in [0.717, 1.165) is 13.0 Å². The Hall–Kier alpha value is -2.18. The smallest absolute Gasteiger partial charge is 0.236 e. The number of nitrogens with zero attached hydrogens (tertiary/aromatic N) is 3. The second-order valence-corrected chi connectivity index (χ2v) is 10.7. The molecule has 2 atom stereocenters. The standard InChI is InChI=1S/C26H35N3O2S/c1-18(2)15-24(30)29-13-12-27(16-20(29)4)25(31)17-28-11-9-23-22(10-14-32-23)26(28)21-7-5-19(3)6-8-21/h5-8,10,14,18,20,26H,9,11-13,15-17H2,1-4H3/t20-,26+/m1/s1. The summed E-state index contributed by atoms with van der Waals surface area (Å²) in [7, 11) is 0. The van der Waals surface area contributed by atoms with E-state index in [1.807, 2.05) is 21.1 Å². The van der Waals surface area contributed by atoms with Crippen LogP contribution in [0.3, 0.4) is 0 Å². The molecule has 1 saturated heterocycles. The molecular weight excluding hydrogens is 418 g/mol. The van der Waals surface area contributed by atoms with Gasteiger partial charge in [-0.15, -0.1) is 11.3 Å². The Bertz CT molecular complexity index is 952. The van der Waals surface area contributed by atoms with Crippen molar-refractivity contribution in [2.45, 2.75) is 52.6 Å². The van der Waals surface area contributed by atoms with Crippen LogP contribution in [0.5, 0.6) is 0 Å². The molecule has 32 heavy (non-hydrogen) atoms. The molecule has 2 aromatic rings. The zero-order valence-electron chi connectivity index (χ0n) is 19.7. The average Bonchev–Trinajstić information content (AvgIpc) is 3.22. The summed E-state index contributed by atoms with van der Waals surface area (Å²) >= 11 is 1.82. The molecule has 6 heteroatoms. The maximum absolute atomic E-state index is 13.3. The monoisotopic (exact) mass is 453 g/mol. The van der Waals surface area contributed by atoms with E-state index in [2.05, 4.69) is 68.3 Å². The summed E-state index contributed by atoms with van der Waals surface area (Å²) in [5.41, 5.74) is 3.84. The zero-order valence-corrected chi connectivity index (χ0v) is 20.5. The molecule has 0 N–H and O–H groups in total. The summed E-state index contributed by atoms with van der Waals surface area (Å²) in [6, 6.07) is 11.1. The van der Waals surface area contributed by atoms with Crippen molar-refractivity contribution in [2.75, 3.05) is 32.7 Å². The number of amides is 2. The first kappa shape index (κ1) is 23.0. The van der Waals surface area contributed by atoms with Gasteiger partial charge in [-0.2, -0.15) is 0 Å². The Labute approximate surface area is 196 Å². The maximum Gasteiger partial charge on any atom is 0.236 e. The molecule has 1 aromatic carbocycles. The van der Waals surface area contributed by atoms with Gasteiger partial charge >= 0.3 is 0 Å². The van der Waals surface area contributed by atoms with Crippen LogP contribution in [0.1, 0.15) is 54.8 Å². The van der Waals surface area contributed by atoms with E-state index >= 15 is 0 Å². The van der Waals surface area contributed by atoms with Crippen LogP contribution in [0.25, 0.3) is 0 Å². The third-order valence-electron chi connectivity index (χ3n) is 6.68. The van der Waals surface area contributed by atoms with Crippen molar-refractivity contribution in [1.29, 1.82) is 0 Å². The highest BCUT2D eigenvalue weighted by Crippen LogP contribution is 2.37. The van der Waals surface area contributed by atoms with E-state index in [1.54, 1.807) is 0 Å². The summed E-state index contributed by atoms with van der Waals surface area (Å²) < 4.78 is 0. The zero-order chi connectivity index (χ0) is 22.8. The van der Waals surface area contributed by atoms with Crippen molar-refractivity contribution < 1.29 is 9.59 Å². The molecule has 0 radical (unpaired) electrons. The number of rotatable bonds is 5. The fraction of sp³-hybridized carbons (Fsp3) is 0.538. The van der Waals surface area contributed by atoms with Crippen molar-refractivity contribution in [1.82, 2.24) is 14.7 Å². The SMILES string of the molecule is Cc1ccc([C@H]2c3ccsc3CCN2CC(=O)N2CCN(C(=O)CC(C)C)[C@H](C)C2)cc1. The van der Waals surface area contributed by atoms with Gasteiger partial charge in [0, 0.05) is 43.5 Å². The van der Waals surface area contributed by atoms with Crippen molar-refractivity contribution in [3.63, 3.8) is 0 Å². The quantitative estimate of drug-likeness (QED) is 0.684. The normalized spacial score (nSPS) is 21.7. The molecule has 0 spiro atoms. The topological polar surface area (TPSA) is 43.9 Å². The van der Waals surface area contributed by atoms with Gasteiger partial charge in [0.15, 0.2) is 0 Å². The minimum Gasteiger partial charge on any atom is -0.338 e. The molecule has 2 amide bonds. The van der Waals surface area contributed by atoms with Gasteiger partial charge in [-0.3, -0.25) is 14.5 Å². The summed E-state index contributed by atoms with van der Waals surface area (Å²) in [4.78, 5) is 33.6. The molecule has 2 aliphatic rings. The highest BCUT2D eigenvalue weighted by atomic mass is 32.1. The molecule has 0 saturated carbocycles. The third kappa shape index (κ3) is 4.91. The predicted molar refractivity (Wildman–Crippen MR) is 130 cm³/mol. The molecule has 3 heterocycles. The summed E-state index contributed by atoms with van der Waals surface area (Å²) in [5.74, 6) is 0.734. The number of carbonyl (C=O) groups is 2.